The van der Waals surface area contributed by atoms with Gasteiger partial charge in [-0.2, -0.15) is 9.97 Å². The van der Waals surface area contributed by atoms with E-state index in [0.29, 0.717) is 32.0 Å². The number of carbonyl (C=O) groups is 2. The number of carboxylic acids is 1. The molecule has 10 nitrogen and oxygen atoms in total. The van der Waals surface area contributed by atoms with Gasteiger partial charge in [-0.05, 0) is 54.1 Å². The van der Waals surface area contributed by atoms with Gasteiger partial charge >= 0.3 is 18.1 Å². The van der Waals surface area contributed by atoms with Crippen molar-refractivity contribution in [1.82, 2.24) is 19.8 Å². The van der Waals surface area contributed by atoms with E-state index in [4.69, 9.17) is 9.47 Å². The third-order valence-electron chi connectivity index (χ3n) is 5.58. The molecule has 10 heteroatoms. The van der Waals surface area contributed by atoms with Gasteiger partial charge in [-0.15, -0.1) is 0 Å². The van der Waals surface area contributed by atoms with E-state index < -0.39 is 11.6 Å². The zero-order valence-electron chi connectivity index (χ0n) is 19.0. The summed E-state index contributed by atoms with van der Waals surface area (Å²) < 4.78 is 11.4. The van der Waals surface area contributed by atoms with Crippen LogP contribution in [0.1, 0.15) is 51.0 Å². The molecule has 2 aliphatic rings. The fourth-order valence-electron chi connectivity index (χ4n) is 3.96. The first-order chi connectivity index (χ1) is 14.5. The molecule has 1 aromatic rings. The minimum Gasteiger partial charge on any atom is -0.477 e. The second-order valence-electron chi connectivity index (χ2n) is 9.17. The van der Waals surface area contributed by atoms with Crippen molar-refractivity contribution in [2.24, 2.45) is 0 Å². The summed E-state index contributed by atoms with van der Waals surface area (Å²) in [6.07, 6.45) is 1.63. The Morgan fingerprint density at radius 1 is 1.16 bits per heavy atom. The number of ether oxygens (including phenoxy) is 2. The second kappa shape index (κ2) is 9.25. The number of likely N-dealkylation sites (N-methyl/N-ethyl adjacent to an activating group) is 1. The Bertz CT molecular complexity index is 804. The summed E-state index contributed by atoms with van der Waals surface area (Å²) in [6.45, 7) is 10.4. The zero-order valence-corrected chi connectivity index (χ0v) is 19.0. The predicted molar refractivity (Wildman–Crippen MR) is 115 cm³/mol. The molecule has 2 aliphatic heterocycles. The average Bonchev–Trinajstić information content (AvgIpc) is 3.12. The van der Waals surface area contributed by atoms with E-state index in [-0.39, 0.29) is 29.9 Å². The average molecular weight is 436 g/mol. The summed E-state index contributed by atoms with van der Waals surface area (Å²) in [4.78, 5) is 38.3. The number of aromatic nitrogens is 2. The lowest BCUT2D eigenvalue weighted by Gasteiger charge is -2.36. The van der Waals surface area contributed by atoms with Crippen LogP contribution >= 0.6 is 0 Å². The number of hydrogen-bond donors (Lipinski definition) is 1. The van der Waals surface area contributed by atoms with Gasteiger partial charge in [0.25, 0.3) is 0 Å². The number of aromatic carboxylic acids is 1. The SMILES string of the molecule is C[C@H](Oc1nc(C(=O)O)cc(N2CCN(C(=O)OC(C)(C)C)CC2)n1)[C@@H]1CCCN1C. The summed E-state index contributed by atoms with van der Waals surface area (Å²) in [6, 6.07) is 1.76. The van der Waals surface area contributed by atoms with Crippen LogP contribution in [0.5, 0.6) is 6.01 Å². The fraction of sp³-hybridized carbons (Fsp3) is 0.714. The molecule has 0 bridgehead atoms. The minimum atomic E-state index is -1.13. The Balaban J connectivity index is 1.70. The maximum Gasteiger partial charge on any atom is 0.410 e. The predicted octanol–water partition coefficient (Wildman–Crippen LogP) is 2.09. The lowest BCUT2D eigenvalue weighted by molar-refractivity contribution is 0.0240. The molecule has 0 saturated carbocycles. The molecule has 1 N–H and O–H groups in total. The molecular formula is C21H33N5O5. The molecule has 1 amide bonds. The summed E-state index contributed by atoms with van der Waals surface area (Å²) >= 11 is 0. The third-order valence-corrected chi connectivity index (χ3v) is 5.58. The van der Waals surface area contributed by atoms with Gasteiger partial charge in [-0.25, -0.2) is 9.59 Å². The van der Waals surface area contributed by atoms with Crippen molar-refractivity contribution in [2.45, 2.75) is 58.3 Å². The zero-order chi connectivity index (χ0) is 22.8. The Morgan fingerprint density at radius 2 is 1.84 bits per heavy atom. The summed E-state index contributed by atoms with van der Waals surface area (Å²) in [5, 5.41) is 9.50. The van der Waals surface area contributed by atoms with Crippen LogP contribution in [-0.2, 0) is 4.74 Å². The van der Waals surface area contributed by atoms with Crippen LogP contribution < -0.4 is 9.64 Å². The van der Waals surface area contributed by atoms with E-state index in [0.717, 1.165) is 19.4 Å². The standard InChI is InChI=1S/C21H33N5O5/c1-14(16-7-6-8-24(16)5)30-19-22-15(18(27)28)13-17(23-19)25-9-11-26(12-10-25)20(29)31-21(2,3)4/h13-14,16H,6-12H2,1-5H3,(H,27,28)/t14-,16-/m0/s1. The summed E-state index contributed by atoms with van der Waals surface area (Å²) in [5.41, 5.74) is -0.658. The van der Waals surface area contributed by atoms with Crippen molar-refractivity contribution < 1.29 is 24.2 Å². The molecule has 2 fully saturated rings. The Labute approximate surface area is 183 Å². The summed E-state index contributed by atoms with van der Waals surface area (Å²) in [5.74, 6) is -0.648. The molecule has 0 unspecified atom stereocenters. The van der Waals surface area contributed by atoms with Gasteiger partial charge in [-0.1, -0.05) is 0 Å². The van der Waals surface area contributed by atoms with Crippen LogP contribution in [0.2, 0.25) is 0 Å². The number of rotatable bonds is 5. The maximum absolute atomic E-state index is 12.3. The molecule has 31 heavy (non-hydrogen) atoms. The van der Waals surface area contributed by atoms with Crippen molar-refractivity contribution >= 4 is 17.9 Å². The highest BCUT2D eigenvalue weighted by Crippen LogP contribution is 2.24. The largest absolute Gasteiger partial charge is 0.477 e. The molecule has 0 aliphatic carbocycles. The normalized spacial score (nSPS) is 21.1. The number of carboxylic acid groups (broad SMARTS) is 1. The highest BCUT2D eigenvalue weighted by atomic mass is 16.6. The molecule has 2 saturated heterocycles. The number of amides is 1. The monoisotopic (exact) mass is 435 g/mol. The van der Waals surface area contributed by atoms with Crippen LogP contribution in [0.15, 0.2) is 6.07 Å². The van der Waals surface area contributed by atoms with Gasteiger partial charge in [-0.3, -0.25) is 4.90 Å². The second-order valence-corrected chi connectivity index (χ2v) is 9.17. The molecule has 0 spiro atoms. The number of hydrogen-bond acceptors (Lipinski definition) is 8. The minimum absolute atomic E-state index is 0.0669. The van der Waals surface area contributed by atoms with Crippen LogP contribution in [0.25, 0.3) is 0 Å². The Morgan fingerprint density at radius 3 is 2.39 bits per heavy atom. The third kappa shape index (κ3) is 5.96. The van der Waals surface area contributed by atoms with Gasteiger partial charge in [0.05, 0.1) is 0 Å². The smallest absolute Gasteiger partial charge is 0.410 e. The number of likely N-dealkylation sites (tertiary alicyclic amines) is 1. The number of piperazine rings is 1. The van der Waals surface area contributed by atoms with Crippen molar-refractivity contribution in [3.63, 3.8) is 0 Å². The molecular weight excluding hydrogens is 402 g/mol. The molecule has 3 rings (SSSR count). The van der Waals surface area contributed by atoms with Gasteiger partial charge < -0.3 is 24.4 Å². The van der Waals surface area contributed by atoms with Crippen molar-refractivity contribution in [3.8, 4) is 6.01 Å². The van der Waals surface area contributed by atoms with Crippen molar-refractivity contribution in [1.29, 1.82) is 0 Å². The van der Waals surface area contributed by atoms with Gasteiger partial charge in [0.1, 0.15) is 17.5 Å². The number of carbonyl (C=O) groups excluding carboxylic acids is 1. The van der Waals surface area contributed by atoms with Gasteiger partial charge in [0, 0.05) is 38.3 Å². The van der Waals surface area contributed by atoms with Crippen LogP contribution in [0, 0.1) is 0 Å². The van der Waals surface area contributed by atoms with E-state index in [1.165, 1.54) is 6.07 Å². The van der Waals surface area contributed by atoms with E-state index in [1.807, 2.05) is 32.6 Å². The van der Waals surface area contributed by atoms with E-state index in [9.17, 15) is 14.7 Å². The molecule has 3 heterocycles. The molecule has 2 atom stereocenters. The van der Waals surface area contributed by atoms with E-state index in [1.54, 1.807) is 4.90 Å². The molecule has 1 aromatic heterocycles. The molecule has 172 valence electrons. The first kappa shape index (κ1) is 23.1. The molecule has 0 radical (unpaired) electrons. The first-order valence-corrected chi connectivity index (χ1v) is 10.8. The topological polar surface area (TPSA) is 108 Å². The van der Waals surface area contributed by atoms with Gasteiger partial charge in [0.15, 0.2) is 5.69 Å². The summed E-state index contributed by atoms with van der Waals surface area (Å²) in [7, 11) is 2.06. The maximum atomic E-state index is 12.3. The van der Waals surface area contributed by atoms with Crippen LogP contribution in [-0.4, -0.2) is 94.5 Å². The fourth-order valence-corrected chi connectivity index (χ4v) is 3.96. The first-order valence-electron chi connectivity index (χ1n) is 10.8. The Hall–Kier alpha value is -2.62. The quantitative estimate of drug-likeness (QED) is 0.743. The van der Waals surface area contributed by atoms with Crippen molar-refractivity contribution in [3.05, 3.63) is 11.8 Å². The Kier molecular flexibility index (Phi) is 6.88. The highest BCUT2D eigenvalue weighted by Gasteiger charge is 2.30. The molecule has 0 aromatic carbocycles. The number of nitrogens with zero attached hydrogens (tertiary/aromatic N) is 5. The van der Waals surface area contributed by atoms with Crippen molar-refractivity contribution in [2.75, 3.05) is 44.7 Å². The van der Waals surface area contributed by atoms with E-state index >= 15 is 0 Å². The lowest BCUT2D eigenvalue weighted by Crippen LogP contribution is -2.50. The number of anilines is 1. The van der Waals surface area contributed by atoms with Crippen LogP contribution in [0.3, 0.4) is 0 Å². The van der Waals surface area contributed by atoms with E-state index in [2.05, 4.69) is 21.9 Å². The highest BCUT2D eigenvalue weighted by molar-refractivity contribution is 5.86. The van der Waals surface area contributed by atoms with Crippen LogP contribution in [0.4, 0.5) is 10.6 Å². The van der Waals surface area contributed by atoms with Gasteiger partial charge in [0.2, 0.25) is 0 Å². The lowest BCUT2D eigenvalue weighted by atomic mass is 10.1.